The molecule has 0 amide bonds. The lowest BCUT2D eigenvalue weighted by molar-refractivity contribution is -0.0104. The van der Waals surface area contributed by atoms with E-state index in [1.54, 1.807) is 0 Å². The van der Waals surface area contributed by atoms with E-state index in [4.69, 9.17) is 4.74 Å². The minimum atomic E-state index is -0.378. The summed E-state index contributed by atoms with van der Waals surface area (Å²) in [5, 5.41) is 10.2. The van der Waals surface area contributed by atoms with Crippen LogP contribution in [0.5, 0.6) is 0 Å². The predicted octanol–water partition coefficient (Wildman–Crippen LogP) is 2.50. The van der Waals surface area contributed by atoms with Crippen LogP contribution in [-0.4, -0.2) is 23.9 Å². The molecule has 0 spiro atoms. The van der Waals surface area contributed by atoms with Gasteiger partial charge in [-0.05, 0) is 32.3 Å². The predicted molar refractivity (Wildman–Crippen MR) is 64.4 cm³/mol. The maximum Gasteiger partial charge on any atom is 0.0870 e. The van der Waals surface area contributed by atoms with Crippen molar-refractivity contribution in [1.82, 2.24) is 0 Å². The fraction of sp³-hybridized carbons (Fsp3) is 0.571. The Labute approximate surface area is 97.3 Å². The van der Waals surface area contributed by atoms with Crippen LogP contribution in [0.25, 0.3) is 0 Å². The van der Waals surface area contributed by atoms with Crippen molar-refractivity contribution in [3.05, 3.63) is 35.9 Å². The second kappa shape index (κ2) is 4.56. The molecular formula is C14H20O2. The Morgan fingerprint density at radius 3 is 2.38 bits per heavy atom. The Kier molecular flexibility index (Phi) is 3.31. The lowest BCUT2D eigenvalue weighted by Crippen LogP contribution is -2.31. The summed E-state index contributed by atoms with van der Waals surface area (Å²) >= 11 is 0. The first kappa shape index (κ1) is 11.6. The van der Waals surface area contributed by atoms with Crippen LogP contribution in [0.2, 0.25) is 0 Å². The van der Waals surface area contributed by atoms with Gasteiger partial charge in [0.1, 0.15) is 0 Å². The maximum atomic E-state index is 10.2. The van der Waals surface area contributed by atoms with Gasteiger partial charge in [0.25, 0.3) is 0 Å². The fourth-order valence-electron chi connectivity index (χ4n) is 2.16. The molecule has 0 aromatic heterocycles. The van der Waals surface area contributed by atoms with Crippen LogP contribution in [0.1, 0.15) is 32.3 Å². The van der Waals surface area contributed by atoms with Gasteiger partial charge in [0.05, 0.1) is 18.8 Å². The van der Waals surface area contributed by atoms with E-state index in [-0.39, 0.29) is 17.6 Å². The first-order valence-electron chi connectivity index (χ1n) is 6.00. The van der Waals surface area contributed by atoms with E-state index in [0.717, 1.165) is 12.8 Å². The third-order valence-corrected chi connectivity index (χ3v) is 3.36. The zero-order valence-corrected chi connectivity index (χ0v) is 10.0. The van der Waals surface area contributed by atoms with Crippen molar-refractivity contribution in [2.24, 2.45) is 0 Å². The van der Waals surface area contributed by atoms with Gasteiger partial charge in [-0.1, -0.05) is 30.3 Å². The van der Waals surface area contributed by atoms with Gasteiger partial charge >= 0.3 is 0 Å². The Bertz CT molecular complexity index is 328. The number of aliphatic hydroxyl groups excluding tert-OH is 1. The summed E-state index contributed by atoms with van der Waals surface area (Å²) in [5.74, 6) is 0. The topological polar surface area (TPSA) is 29.5 Å². The SMILES string of the molecule is CC(C)OCC(O)C1(c2ccccc2)CC1. The number of hydrogen-bond acceptors (Lipinski definition) is 2. The van der Waals surface area contributed by atoms with E-state index in [0.29, 0.717) is 6.61 Å². The highest BCUT2D eigenvalue weighted by atomic mass is 16.5. The van der Waals surface area contributed by atoms with Gasteiger partial charge in [0.2, 0.25) is 0 Å². The molecule has 0 heterocycles. The van der Waals surface area contributed by atoms with Gasteiger partial charge in [0.15, 0.2) is 0 Å². The molecule has 1 atom stereocenters. The van der Waals surface area contributed by atoms with Crippen LogP contribution in [0.4, 0.5) is 0 Å². The molecule has 1 aliphatic rings. The smallest absolute Gasteiger partial charge is 0.0870 e. The highest BCUT2D eigenvalue weighted by Gasteiger charge is 2.50. The first-order valence-corrected chi connectivity index (χ1v) is 6.00. The van der Waals surface area contributed by atoms with Gasteiger partial charge in [-0.15, -0.1) is 0 Å². The molecule has 1 fully saturated rings. The molecule has 1 unspecified atom stereocenters. The Hall–Kier alpha value is -0.860. The molecule has 1 aromatic rings. The van der Waals surface area contributed by atoms with E-state index in [1.807, 2.05) is 32.0 Å². The molecule has 2 rings (SSSR count). The highest BCUT2D eigenvalue weighted by molar-refractivity contribution is 5.32. The van der Waals surface area contributed by atoms with Crippen LogP contribution < -0.4 is 0 Å². The standard InChI is InChI=1S/C14H20O2/c1-11(2)16-10-13(15)14(8-9-14)12-6-4-3-5-7-12/h3-7,11,13,15H,8-10H2,1-2H3. The average molecular weight is 220 g/mol. The zero-order valence-electron chi connectivity index (χ0n) is 10.0. The minimum absolute atomic E-state index is 0.0316. The summed E-state index contributed by atoms with van der Waals surface area (Å²) in [6.07, 6.45) is 1.94. The summed E-state index contributed by atoms with van der Waals surface area (Å²) < 4.78 is 5.50. The Morgan fingerprint density at radius 2 is 1.88 bits per heavy atom. The summed E-state index contributed by atoms with van der Waals surface area (Å²) in [7, 11) is 0. The van der Waals surface area contributed by atoms with E-state index in [9.17, 15) is 5.11 Å². The largest absolute Gasteiger partial charge is 0.390 e. The molecule has 0 saturated heterocycles. The van der Waals surface area contributed by atoms with Gasteiger partial charge in [-0.25, -0.2) is 0 Å². The molecular weight excluding hydrogens is 200 g/mol. The number of ether oxygens (including phenoxy) is 1. The lowest BCUT2D eigenvalue weighted by atomic mass is 9.90. The van der Waals surface area contributed by atoms with Crippen molar-refractivity contribution >= 4 is 0 Å². The van der Waals surface area contributed by atoms with Gasteiger partial charge < -0.3 is 9.84 Å². The molecule has 2 nitrogen and oxygen atoms in total. The van der Waals surface area contributed by atoms with Crippen molar-refractivity contribution in [1.29, 1.82) is 0 Å². The maximum absolute atomic E-state index is 10.2. The molecule has 1 aromatic carbocycles. The van der Waals surface area contributed by atoms with Crippen LogP contribution in [-0.2, 0) is 10.2 Å². The van der Waals surface area contributed by atoms with Gasteiger partial charge in [-0.3, -0.25) is 0 Å². The Balaban J connectivity index is 2.03. The van der Waals surface area contributed by atoms with Crippen LogP contribution in [0, 0.1) is 0 Å². The summed E-state index contributed by atoms with van der Waals surface area (Å²) in [5.41, 5.74) is 1.21. The molecule has 16 heavy (non-hydrogen) atoms. The van der Waals surface area contributed by atoms with Crippen LogP contribution >= 0.6 is 0 Å². The third-order valence-electron chi connectivity index (χ3n) is 3.36. The second-order valence-corrected chi connectivity index (χ2v) is 4.92. The van der Waals surface area contributed by atoms with E-state index in [2.05, 4.69) is 12.1 Å². The van der Waals surface area contributed by atoms with Crippen LogP contribution in [0.15, 0.2) is 30.3 Å². The summed E-state index contributed by atoms with van der Waals surface area (Å²) in [4.78, 5) is 0. The molecule has 0 aliphatic heterocycles. The van der Waals surface area contributed by atoms with E-state index < -0.39 is 0 Å². The molecule has 0 bridgehead atoms. The average Bonchev–Trinajstić information content (AvgIpc) is 3.08. The normalized spacial score (nSPS) is 19.8. The van der Waals surface area contributed by atoms with Crippen molar-refractivity contribution in [2.45, 2.75) is 44.3 Å². The lowest BCUT2D eigenvalue weighted by Gasteiger charge is -2.23. The summed E-state index contributed by atoms with van der Waals surface area (Å²) in [6, 6.07) is 10.3. The van der Waals surface area contributed by atoms with Crippen molar-refractivity contribution in [3.63, 3.8) is 0 Å². The monoisotopic (exact) mass is 220 g/mol. The fourth-order valence-corrected chi connectivity index (χ4v) is 2.16. The van der Waals surface area contributed by atoms with E-state index >= 15 is 0 Å². The molecule has 1 saturated carbocycles. The molecule has 1 N–H and O–H groups in total. The first-order chi connectivity index (χ1) is 7.65. The summed E-state index contributed by atoms with van der Waals surface area (Å²) in [6.45, 7) is 4.43. The Morgan fingerprint density at radius 1 is 1.25 bits per heavy atom. The second-order valence-electron chi connectivity index (χ2n) is 4.92. The highest BCUT2D eigenvalue weighted by Crippen LogP contribution is 2.50. The van der Waals surface area contributed by atoms with Crippen LogP contribution in [0.3, 0.4) is 0 Å². The quantitative estimate of drug-likeness (QED) is 0.826. The van der Waals surface area contributed by atoms with Crippen molar-refractivity contribution in [2.75, 3.05) is 6.61 Å². The molecule has 0 radical (unpaired) electrons. The van der Waals surface area contributed by atoms with Gasteiger partial charge in [-0.2, -0.15) is 0 Å². The molecule has 1 aliphatic carbocycles. The van der Waals surface area contributed by atoms with Crippen molar-refractivity contribution in [3.8, 4) is 0 Å². The van der Waals surface area contributed by atoms with Gasteiger partial charge in [0, 0.05) is 5.41 Å². The molecule has 2 heteroatoms. The van der Waals surface area contributed by atoms with E-state index in [1.165, 1.54) is 5.56 Å². The minimum Gasteiger partial charge on any atom is -0.390 e. The number of benzene rings is 1. The molecule has 88 valence electrons. The number of hydrogen-bond donors (Lipinski definition) is 1. The zero-order chi connectivity index (χ0) is 11.6. The van der Waals surface area contributed by atoms with Crippen molar-refractivity contribution < 1.29 is 9.84 Å². The third kappa shape index (κ3) is 2.28. The number of rotatable bonds is 5. The number of aliphatic hydroxyl groups is 1.